The molecule has 160 valence electrons. The van der Waals surface area contributed by atoms with E-state index in [1.807, 2.05) is 13.8 Å². The number of benzene rings is 2. The minimum atomic E-state index is -1.13. The number of hydrogen-bond donors (Lipinski definition) is 1. The number of ether oxygens (including phenoxy) is 1. The molecule has 2 aromatic carbocycles. The minimum absolute atomic E-state index is 0.0261. The summed E-state index contributed by atoms with van der Waals surface area (Å²) in [5.41, 5.74) is -1.75. The van der Waals surface area contributed by atoms with Crippen molar-refractivity contribution in [2.75, 3.05) is 13.2 Å². The van der Waals surface area contributed by atoms with Crippen molar-refractivity contribution in [2.45, 2.75) is 20.3 Å². The molecule has 1 N–H and O–H groups in total. The van der Waals surface area contributed by atoms with Gasteiger partial charge in [0, 0.05) is 23.2 Å². The molecule has 9 heteroatoms. The lowest BCUT2D eigenvalue weighted by Gasteiger charge is -2.18. The van der Waals surface area contributed by atoms with Gasteiger partial charge in [-0.15, -0.1) is 0 Å². The number of nitro groups is 1. The van der Waals surface area contributed by atoms with Crippen LogP contribution < -0.4 is 5.32 Å². The number of esters is 1. The Morgan fingerprint density at radius 2 is 1.68 bits per heavy atom. The predicted octanol–water partition coefficient (Wildman–Crippen LogP) is 2.69. The van der Waals surface area contributed by atoms with Crippen molar-refractivity contribution in [2.24, 2.45) is 5.92 Å². The Morgan fingerprint density at radius 1 is 1.03 bits per heavy atom. The lowest BCUT2D eigenvalue weighted by Crippen LogP contribution is -2.30. The molecule has 1 aliphatic carbocycles. The summed E-state index contributed by atoms with van der Waals surface area (Å²) < 4.78 is 4.91. The highest BCUT2D eigenvalue weighted by Gasteiger charge is 2.39. The molecule has 0 bridgehead atoms. The van der Waals surface area contributed by atoms with E-state index in [0.29, 0.717) is 12.5 Å². The fourth-order valence-electron chi connectivity index (χ4n) is 3.28. The van der Waals surface area contributed by atoms with Crippen molar-refractivity contribution in [1.82, 2.24) is 5.32 Å². The van der Waals surface area contributed by atoms with Gasteiger partial charge in [0.25, 0.3) is 11.6 Å². The fraction of sp³-hybridized carbons (Fsp3) is 0.273. The number of carbonyl (C=O) groups is 4. The summed E-state index contributed by atoms with van der Waals surface area (Å²) >= 11 is 0. The number of nitrogens with zero attached hydrogens (tertiary/aromatic N) is 1. The third kappa shape index (κ3) is 4.35. The van der Waals surface area contributed by atoms with Crippen LogP contribution >= 0.6 is 0 Å². The highest BCUT2D eigenvalue weighted by atomic mass is 16.6. The zero-order valence-corrected chi connectivity index (χ0v) is 17.0. The van der Waals surface area contributed by atoms with E-state index in [0.717, 1.165) is 12.5 Å². The first kappa shape index (κ1) is 21.8. The zero-order valence-electron chi connectivity index (χ0n) is 17.0. The lowest BCUT2D eigenvalue weighted by molar-refractivity contribution is -0.385. The topological polar surface area (TPSA) is 133 Å². The first-order chi connectivity index (χ1) is 14.7. The summed E-state index contributed by atoms with van der Waals surface area (Å²) in [6, 6.07) is 8.24. The van der Waals surface area contributed by atoms with Crippen molar-refractivity contribution in [3.63, 3.8) is 0 Å². The van der Waals surface area contributed by atoms with E-state index in [2.05, 4.69) is 5.32 Å². The molecule has 9 nitrogen and oxygen atoms in total. The number of nitrogens with one attached hydrogen (secondary N) is 1. The lowest BCUT2D eigenvalue weighted by atomic mass is 9.82. The standard InChI is InChI=1S/C22H20N2O7/c1-12(2)9-10-23-17(25)11-31-22(28)16-8-7-15-18(19(16)24(29)30)21(27)14-6-4-3-5-13(14)20(15)26/h3-8,12H,9-11H2,1-2H3,(H,23,25). The maximum absolute atomic E-state index is 12.9. The SMILES string of the molecule is CC(C)CCNC(=O)COC(=O)c1ccc2c(c1[N+](=O)[O-])C(=O)c1ccccc1C2=O. The molecule has 1 amide bonds. The van der Waals surface area contributed by atoms with Gasteiger partial charge in [-0.3, -0.25) is 24.5 Å². The molecule has 0 saturated carbocycles. The number of fused-ring (bicyclic) bond motifs is 2. The quantitative estimate of drug-likeness (QED) is 0.350. The van der Waals surface area contributed by atoms with E-state index in [9.17, 15) is 29.3 Å². The number of amides is 1. The van der Waals surface area contributed by atoms with Gasteiger partial charge >= 0.3 is 5.97 Å². The smallest absolute Gasteiger partial charge is 0.345 e. The molecule has 0 heterocycles. The Balaban J connectivity index is 1.89. The van der Waals surface area contributed by atoms with Crippen LogP contribution in [0.15, 0.2) is 36.4 Å². The van der Waals surface area contributed by atoms with E-state index >= 15 is 0 Å². The van der Waals surface area contributed by atoms with Gasteiger partial charge in [-0.1, -0.05) is 38.1 Å². The van der Waals surface area contributed by atoms with Crippen molar-refractivity contribution in [3.05, 3.63) is 74.3 Å². The molecule has 0 atom stereocenters. The molecular formula is C22H20N2O7. The monoisotopic (exact) mass is 424 g/mol. The Kier molecular flexibility index (Phi) is 6.24. The molecule has 0 spiro atoms. The fourth-order valence-corrected chi connectivity index (χ4v) is 3.28. The van der Waals surface area contributed by atoms with Crippen LogP contribution in [-0.4, -0.2) is 41.5 Å². The van der Waals surface area contributed by atoms with Crippen LogP contribution in [0.2, 0.25) is 0 Å². The summed E-state index contributed by atoms with van der Waals surface area (Å²) in [5.74, 6) is -2.57. The maximum atomic E-state index is 12.9. The molecule has 31 heavy (non-hydrogen) atoms. The Hall–Kier alpha value is -3.88. The molecule has 0 saturated heterocycles. The van der Waals surface area contributed by atoms with Gasteiger partial charge in [-0.05, 0) is 24.5 Å². The van der Waals surface area contributed by atoms with E-state index < -0.39 is 51.8 Å². The van der Waals surface area contributed by atoms with Crippen LogP contribution in [0.3, 0.4) is 0 Å². The van der Waals surface area contributed by atoms with Crippen LogP contribution in [0.25, 0.3) is 0 Å². The second-order valence-corrected chi connectivity index (χ2v) is 7.45. The van der Waals surface area contributed by atoms with Crippen LogP contribution in [-0.2, 0) is 9.53 Å². The van der Waals surface area contributed by atoms with E-state index in [1.54, 1.807) is 6.07 Å². The number of rotatable bonds is 7. The third-order valence-corrected chi connectivity index (χ3v) is 4.85. The van der Waals surface area contributed by atoms with Crippen LogP contribution in [0.1, 0.15) is 62.5 Å². The van der Waals surface area contributed by atoms with Crippen molar-refractivity contribution in [3.8, 4) is 0 Å². The van der Waals surface area contributed by atoms with E-state index in [-0.39, 0.29) is 16.7 Å². The highest BCUT2D eigenvalue weighted by molar-refractivity contribution is 6.30. The number of carbonyl (C=O) groups excluding carboxylic acids is 4. The molecule has 0 fully saturated rings. The molecule has 0 radical (unpaired) electrons. The maximum Gasteiger partial charge on any atom is 0.345 e. The van der Waals surface area contributed by atoms with Gasteiger partial charge in [0.1, 0.15) is 11.1 Å². The number of ketones is 2. The summed E-state index contributed by atoms with van der Waals surface area (Å²) in [4.78, 5) is 60.8. The molecule has 3 rings (SSSR count). The summed E-state index contributed by atoms with van der Waals surface area (Å²) in [5, 5.41) is 14.3. The van der Waals surface area contributed by atoms with Crippen LogP contribution in [0.4, 0.5) is 5.69 Å². The van der Waals surface area contributed by atoms with Crippen LogP contribution in [0.5, 0.6) is 0 Å². The summed E-state index contributed by atoms with van der Waals surface area (Å²) in [6.45, 7) is 3.77. The second-order valence-electron chi connectivity index (χ2n) is 7.45. The second kappa shape index (κ2) is 8.86. The first-order valence-corrected chi connectivity index (χ1v) is 9.66. The molecular weight excluding hydrogens is 404 g/mol. The summed E-state index contributed by atoms with van der Waals surface area (Å²) in [6.07, 6.45) is 0.744. The van der Waals surface area contributed by atoms with Crippen molar-refractivity contribution in [1.29, 1.82) is 0 Å². The molecule has 0 aliphatic heterocycles. The highest BCUT2D eigenvalue weighted by Crippen LogP contribution is 2.35. The minimum Gasteiger partial charge on any atom is -0.452 e. The normalized spacial score (nSPS) is 12.2. The number of hydrogen-bond acceptors (Lipinski definition) is 7. The number of nitro benzene ring substituents is 1. The van der Waals surface area contributed by atoms with Gasteiger partial charge in [0.05, 0.1) is 4.92 Å². The third-order valence-electron chi connectivity index (χ3n) is 4.85. The molecule has 0 unspecified atom stereocenters. The molecule has 2 aromatic rings. The van der Waals surface area contributed by atoms with Crippen molar-refractivity contribution < 1.29 is 28.8 Å². The predicted molar refractivity (Wildman–Crippen MR) is 109 cm³/mol. The van der Waals surface area contributed by atoms with Crippen molar-refractivity contribution >= 4 is 29.1 Å². The first-order valence-electron chi connectivity index (χ1n) is 9.66. The largest absolute Gasteiger partial charge is 0.452 e. The van der Waals surface area contributed by atoms with Crippen LogP contribution in [0, 0.1) is 16.0 Å². The van der Waals surface area contributed by atoms with Gasteiger partial charge in [-0.25, -0.2) is 4.79 Å². The van der Waals surface area contributed by atoms with Gasteiger partial charge in [-0.2, -0.15) is 0 Å². The molecule has 0 aromatic heterocycles. The van der Waals surface area contributed by atoms with E-state index in [4.69, 9.17) is 4.74 Å². The molecule has 1 aliphatic rings. The average Bonchev–Trinajstić information content (AvgIpc) is 2.74. The summed E-state index contributed by atoms with van der Waals surface area (Å²) in [7, 11) is 0. The van der Waals surface area contributed by atoms with Gasteiger partial charge < -0.3 is 10.1 Å². The van der Waals surface area contributed by atoms with E-state index in [1.165, 1.54) is 24.3 Å². The Labute approximate surface area is 177 Å². The van der Waals surface area contributed by atoms with Gasteiger partial charge in [0.15, 0.2) is 12.4 Å². The zero-order chi connectivity index (χ0) is 22.7. The Morgan fingerprint density at radius 3 is 2.29 bits per heavy atom. The average molecular weight is 424 g/mol. The van der Waals surface area contributed by atoms with Gasteiger partial charge in [0.2, 0.25) is 5.78 Å². The Bertz CT molecular complexity index is 1110.